The summed E-state index contributed by atoms with van der Waals surface area (Å²) >= 11 is 0. The molecule has 1 aliphatic carbocycles. The van der Waals surface area contributed by atoms with E-state index in [0.717, 1.165) is 11.8 Å². The largest absolute Gasteiger partial charge is 0.0856 e. The van der Waals surface area contributed by atoms with Crippen molar-refractivity contribution in [2.45, 2.75) is 46.5 Å². The topological polar surface area (TPSA) is 0 Å². The Morgan fingerprint density at radius 3 is 2.91 bits per heavy atom. The van der Waals surface area contributed by atoms with Crippen LogP contribution in [-0.4, -0.2) is 0 Å². The van der Waals surface area contributed by atoms with Gasteiger partial charge in [0, 0.05) is 0 Å². The van der Waals surface area contributed by atoms with Gasteiger partial charge in [0.1, 0.15) is 0 Å². The van der Waals surface area contributed by atoms with Crippen molar-refractivity contribution >= 4 is 0 Å². The third kappa shape index (κ3) is 2.36. The van der Waals surface area contributed by atoms with Crippen LogP contribution in [0.15, 0.2) is 11.6 Å². The molecule has 1 aliphatic rings. The van der Waals surface area contributed by atoms with Gasteiger partial charge >= 0.3 is 0 Å². The Labute approximate surface area is 70.7 Å². The zero-order valence-corrected chi connectivity index (χ0v) is 8.06. The van der Waals surface area contributed by atoms with Crippen molar-refractivity contribution < 1.29 is 0 Å². The molecule has 0 saturated carbocycles. The van der Waals surface area contributed by atoms with E-state index in [1.54, 1.807) is 5.57 Å². The van der Waals surface area contributed by atoms with E-state index in [1.807, 2.05) is 0 Å². The predicted molar refractivity (Wildman–Crippen MR) is 50.6 cm³/mol. The Kier molecular flexibility index (Phi) is 3.16. The van der Waals surface area contributed by atoms with Crippen LogP contribution in [-0.2, 0) is 0 Å². The van der Waals surface area contributed by atoms with Crippen molar-refractivity contribution in [2.24, 2.45) is 11.8 Å². The summed E-state index contributed by atoms with van der Waals surface area (Å²) in [7, 11) is 0. The molecule has 0 saturated heterocycles. The molecule has 0 aromatic rings. The average Bonchev–Trinajstić information content (AvgIpc) is 2.03. The Hall–Kier alpha value is -0.260. The predicted octanol–water partition coefficient (Wildman–Crippen LogP) is 3.78. The van der Waals surface area contributed by atoms with E-state index in [0.29, 0.717) is 0 Å². The molecule has 0 unspecified atom stereocenters. The highest BCUT2D eigenvalue weighted by Gasteiger charge is 2.17. The number of rotatable bonds is 2. The maximum atomic E-state index is 2.40. The molecule has 64 valence electrons. The molecule has 0 aliphatic heterocycles. The smallest absolute Gasteiger partial charge is 0.0292 e. The highest BCUT2D eigenvalue weighted by atomic mass is 14.2. The molecule has 0 amide bonds. The molecule has 0 fully saturated rings. The second kappa shape index (κ2) is 3.94. The van der Waals surface area contributed by atoms with E-state index in [2.05, 4.69) is 26.8 Å². The zero-order valence-electron chi connectivity index (χ0n) is 8.06. The van der Waals surface area contributed by atoms with Gasteiger partial charge in [0.15, 0.2) is 0 Å². The number of hydrogen-bond acceptors (Lipinski definition) is 0. The number of allylic oxidation sites excluding steroid dienone is 2. The minimum absolute atomic E-state index is 0.929. The summed E-state index contributed by atoms with van der Waals surface area (Å²) < 4.78 is 0. The van der Waals surface area contributed by atoms with Crippen LogP contribution >= 0.6 is 0 Å². The first kappa shape index (κ1) is 8.83. The maximum Gasteiger partial charge on any atom is -0.0292 e. The van der Waals surface area contributed by atoms with Gasteiger partial charge in [-0.2, -0.15) is 0 Å². The minimum Gasteiger partial charge on any atom is -0.0856 e. The molecule has 11 heavy (non-hydrogen) atoms. The third-order valence-corrected chi connectivity index (χ3v) is 3.06. The molecule has 0 spiro atoms. The molecule has 1 rings (SSSR count). The summed E-state index contributed by atoms with van der Waals surface area (Å²) in [5.41, 5.74) is 1.61. The normalized spacial score (nSPS) is 27.9. The Balaban J connectivity index is 2.43. The van der Waals surface area contributed by atoms with Crippen LogP contribution < -0.4 is 0 Å². The highest BCUT2D eigenvalue weighted by Crippen LogP contribution is 2.30. The van der Waals surface area contributed by atoms with Crippen molar-refractivity contribution in [3.8, 4) is 0 Å². The lowest BCUT2D eigenvalue weighted by molar-refractivity contribution is 0.316. The quantitative estimate of drug-likeness (QED) is 0.528. The lowest BCUT2D eigenvalue weighted by Gasteiger charge is -2.26. The lowest BCUT2D eigenvalue weighted by atomic mass is 9.80. The third-order valence-electron chi connectivity index (χ3n) is 3.06. The molecule has 0 aromatic heterocycles. The Bertz CT molecular complexity index is 144. The Morgan fingerprint density at radius 1 is 1.64 bits per heavy atom. The van der Waals surface area contributed by atoms with Crippen molar-refractivity contribution in [3.63, 3.8) is 0 Å². The molecule has 0 nitrogen and oxygen atoms in total. The van der Waals surface area contributed by atoms with Gasteiger partial charge in [-0.25, -0.2) is 0 Å². The minimum atomic E-state index is 0.929. The molecule has 0 aromatic carbocycles. The van der Waals surface area contributed by atoms with Crippen molar-refractivity contribution in [3.05, 3.63) is 11.6 Å². The Morgan fingerprint density at radius 2 is 2.36 bits per heavy atom. The first-order valence-electron chi connectivity index (χ1n) is 4.89. The van der Waals surface area contributed by atoms with Gasteiger partial charge < -0.3 is 0 Å². The van der Waals surface area contributed by atoms with Crippen LogP contribution in [0.2, 0.25) is 0 Å². The molecule has 2 atom stereocenters. The second-order valence-electron chi connectivity index (χ2n) is 3.98. The first-order valence-corrected chi connectivity index (χ1v) is 4.89. The van der Waals surface area contributed by atoms with E-state index in [-0.39, 0.29) is 0 Å². The fourth-order valence-corrected chi connectivity index (χ4v) is 1.96. The molecule has 0 radical (unpaired) electrons. The van der Waals surface area contributed by atoms with Crippen molar-refractivity contribution in [2.75, 3.05) is 0 Å². The second-order valence-corrected chi connectivity index (χ2v) is 3.98. The van der Waals surface area contributed by atoms with E-state index in [9.17, 15) is 0 Å². The molecular weight excluding hydrogens is 132 g/mol. The van der Waals surface area contributed by atoms with Gasteiger partial charge in [-0.3, -0.25) is 0 Å². The van der Waals surface area contributed by atoms with Crippen LogP contribution in [0.1, 0.15) is 46.5 Å². The van der Waals surface area contributed by atoms with Crippen LogP contribution in [0.4, 0.5) is 0 Å². The summed E-state index contributed by atoms with van der Waals surface area (Å²) in [5, 5.41) is 0. The first-order chi connectivity index (χ1) is 5.24. The van der Waals surface area contributed by atoms with Gasteiger partial charge in [0.25, 0.3) is 0 Å². The van der Waals surface area contributed by atoms with Gasteiger partial charge in [0.2, 0.25) is 0 Å². The van der Waals surface area contributed by atoms with Gasteiger partial charge in [-0.1, -0.05) is 31.9 Å². The van der Waals surface area contributed by atoms with Crippen LogP contribution in [0.25, 0.3) is 0 Å². The van der Waals surface area contributed by atoms with Crippen LogP contribution in [0.5, 0.6) is 0 Å². The lowest BCUT2D eigenvalue weighted by Crippen LogP contribution is -2.13. The summed E-state index contributed by atoms with van der Waals surface area (Å²) in [6, 6.07) is 0. The number of hydrogen-bond donors (Lipinski definition) is 0. The van der Waals surface area contributed by atoms with Gasteiger partial charge in [0.05, 0.1) is 0 Å². The highest BCUT2D eigenvalue weighted by molar-refractivity contribution is 5.03. The van der Waals surface area contributed by atoms with Crippen LogP contribution in [0, 0.1) is 11.8 Å². The SMILES string of the molecule is CC[C@H](C)[C@H]1CCC=C(C)C1. The molecule has 0 N–H and O–H groups in total. The average molecular weight is 152 g/mol. The molecule has 0 bridgehead atoms. The maximum absolute atomic E-state index is 2.40. The molecule has 0 heteroatoms. The monoisotopic (exact) mass is 152 g/mol. The van der Waals surface area contributed by atoms with Crippen LogP contribution in [0.3, 0.4) is 0 Å². The summed E-state index contributed by atoms with van der Waals surface area (Å²) in [5.74, 6) is 1.91. The van der Waals surface area contributed by atoms with E-state index < -0.39 is 0 Å². The summed E-state index contributed by atoms with van der Waals surface area (Å²) in [6.45, 7) is 6.97. The van der Waals surface area contributed by atoms with E-state index in [4.69, 9.17) is 0 Å². The zero-order chi connectivity index (χ0) is 8.27. The van der Waals surface area contributed by atoms with Gasteiger partial charge in [-0.15, -0.1) is 0 Å². The van der Waals surface area contributed by atoms with Crippen molar-refractivity contribution in [1.29, 1.82) is 0 Å². The summed E-state index contributed by atoms with van der Waals surface area (Å²) in [4.78, 5) is 0. The molecule has 0 heterocycles. The van der Waals surface area contributed by atoms with E-state index >= 15 is 0 Å². The van der Waals surface area contributed by atoms with Crippen molar-refractivity contribution in [1.82, 2.24) is 0 Å². The summed E-state index contributed by atoms with van der Waals surface area (Å²) in [6.07, 6.45) is 7.85. The fraction of sp³-hybridized carbons (Fsp3) is 0.818. The fourth-order valence-electron chi connectivity index (χ4n) is 1.96. The standard InChI is InChI=1S/C11H20/c1-4-10(3)11-7-5-6-9(2)8-11/h6,10-11H,4-5,7-8H2,1-3H3/t10-,11-/m0/s1. The van der Waals surface area contributed by atoms with Gasteiger partial charge in [-0.05, 0) is 38.0 Å². The van der Waals surface area contributed by atoms with E-state index in [1.165, 1.54) is 25.7 Å². The molecular formula is C11H20.